The van der Waals surface area contributed by atoms with Gasteiger partial charge in [-0.3, -0.25) is 5.32 Å². The molecule has 2 rings (SSSR count). The van der Waals surface area contributed by atoms with E-state index >= 15 is 0 Å². The second-order valence-electron chi connectivity index (χ2n) is 5.58. The second kappa shape index (κ2) is 11.1. The molecule has 0 radical (unpaired) electrons. The third-order valence-corrected chi connectivity index (χ3v) is 3.48. The van der Waals surface area contributed by atoms with Crippen molar-refractivity contribution < 1.29 is 28.5 Å². The monoisotopic (exact) mass is 375 g/mol. The van der Waals surface area contributed by atoms with Gasteiger partial charge in [0.25, 0.3) is 0 Å². The van der Waals surface area contributed by atoms with E-state index < -0.39 is 12.4 Å². The van der Waals surface area contributed by atoms with Crippen LogP contribution in [-0.2, 0) is 9.47 Å². The van der Waals surface area contributed by atoms with Gasteiger partial charge in [0.05, 0.1) is 6.61 Å². The van der Waals surface area contributed by atoms with Gasteiger partial charge in [-0.05, 0) is 30.7 Å². The number of anilines is 1. The highest BCUT2D eigenvalue weighted by molar-refractivity contribution is 5.86. The summed E-state index contributed by atoms with van der Waals surface area (Å²) < 4.78 is 26.5. The van der Waals surface area contributed by atoms with E-state index in [0.717, 1.165) is 6.42 Å². The van der Waals surface area contributed by atoms with Crippen molar-refractivity contribution in [1.29, 1.82) is 0 Å². The average Bonchev–Trinajstić information content (AvgIpc) is 2.67. The normalized spacial score (nSPS) is 10.5. The highest BCUT2D eigenvalue weighted by atomic mass is 16.7. The number of benzene rings is 2. The second-order valence-corrected chi connectivity index (χ2v) is 5.58. The third kappa shape index (κ3) is 7.16. The van der Waals surface area contributed by atoms with E-state index in [2.05, 4.69) is 5.32 Å². The van der Waals surface area contributed by atoms with Crippen LogP contribution >= 0.6 is 0 Å². The van der Waals surface area contributed by atoms with Crippen molar-refractivity contribution in [2.24, 2.45) is 0 Å². The summed E-state index contributed by atoms with van der Waals surface area (Å²) in [7, 11) is 3.06. The zero-order valence-electron chi connectivity index (χ0n) is 15.8. The van der Waals surface area contributed by atoms with Gasteiger partial charge in [-0.1, -0.05) is 19.1 Å². The maximum atomic E-state index is 12.1. The lowest BCUT2D eigenvalue weighted by molar-refractivity contribution is -0.121. The molecule has 0 fully saturated rings. The maximum Gasteiger partial charge on any atom is 0.417 e. The van der Waals surface area contributed by atoms with Crippen LogP contribution in [0.2, 0.25) is 0 Å². The molecule has 0 atom stereocenters. The van der Waals surface area contributed by atoms with Crippen molar-refractivity contribution >= 4 is 11.8 Å². The fourth-order valence-corrected chi connectivity index (χ4v) is 2.16. The van der Waals surface area contributed by atoms with Gasteiger partial charge in [-0.15, -0.1) is 0 Å². The van der Waals surface area contributed by atoms with E-state index in [9.17, 15) is 4.79 Å². The molecular formula is C20H25NO6. The van der Waals surface area contributed by atoms with Crippen molar-refractivity contribution in [3.05, 3.63) is 48.5 Å². The Balaban J connectivity index is 1.91. The Morgan fingerprint density at radius 2 is 1.63 bits per heavy atom. The molecular weight excluding hydrogens is 350 g/mol. The molecule has 146 valence electrons. The summed E-state index contributed by atoms with van der Waals surface area (Å²) in [5, 5.41) is 2.67. The van der Waals surface area contributed by atoms with Crippen LogP contribution in [-0.4, -0.2) is 39.8 Å². The fourth-order valence-electron chi connectivity index (χ4n) is 2.16. The summed E-state index contributed by atoms with van der Waals surface area (Å²) in [6, 6.07) is 13.9. The average molecular weight is 375 g/mol. The molecule has 0 aliphatic rings. The van der Waals surface area contributed by atoms with E-state index in [0.29, 0.717) is 29.5 Å². The zero-order chi connectivity index (χ0) is 19.5. The Labute approximate surface area is 159 Å². The standard InChI is InChI=1S/C20H25NO6/c1-4-11-25-16-8-5-7-15(12-16)21-20(22)27-18-10-6-9-17(13-18)26-14-19(23-2)24-3/h5-10,12-13,19H,4,11,14H2,1-3H3,(H,21,22). The molecule has 2 aromatic carbocycles. The molecule has 0 spiro atoms. The number of carbonyl (C=O) groups excluding carboxylic acids is 1. The lowest BCUT2D eigenvalue weighted by Gasteiger charge is -2.14. The lowest BCUT2D eigenvalue weighted by Crippen LogP contribution is -2.22. The van der Waals surface area contributed by atoms with Crippen LogP contribution in [0.4, 0.5) is 10.5 Å². The van der Waals surface area contributed by atoms with E-state index in [4.69, 9.17) is 23.7 Å². The summed E-state index contributed by atoms with van der Waals surface area (Å²) >= 11 is 0. The van der Waals surface area contributed by atoms with Crippen LogP contribution < -0.4 is 19.5 Å². The Hall–Kier alpha value is -2.77. The van der Waals surface area contributed by atoms with E-state index in [1.165, 1.54) is 14.2 Å². The van der Waals surface area contributed by atoms with Crippen molar-refractivity contribution in [3.63, 3.8) is 0 Å². The van der Waals surface area contributed by atoms with Gasteiger partial charge < -0.3 is 23.7 Å². The van der Waals surface area contributed by atoms with Crippen LogP contribution in [0, 0.1) is 0 Å². The number of methoxy groups -OCH3 is 2. The minimum Gasteiger partial charge on any atom is -0.494 e. The molecule has 1 N–H and O–H groups in total. The number of amides is 1. The van der Waals surface area contributed by atoms with Gasteiger partial charge >= 0.3 is 6.09 Å². The van der Waals surface area contributed by atoms with Crippen LogP contribution in [0.15, 0.2) is 48.5 Å². The van der Waals surface area contributed by atoms with Gasteiger partial charge in [-0.2, -0.15) is 0 Å². The van der Waals surface area contributed by atoms with Crippen LogP contribution in [0.5, 0.6) is 17.2 Å². The first-order valence-electron chi connectivity index (χ1n) is 8.64. The molecule has 2 aromatic rings. The summed E-state index contributed by atoms with van der Waals surface area (Å²) in [4.78, 5) is 12.1. The molecule has 0 bridgehead atoms. The molecule has 0 saturated heterocycles. The summed E-state index contributed by atoms with van der Waals surface area (Å²) in [5.41, 5.74) is 0.587. The molecule has 7 heteroatoms. The van der Waals surface area contributed by atoms with Crippen molar-refractivity contribution in [2.45, 2.75) is 19.6 Å². The number of nitrogens with one attached hydrogen (secondary N) is 1. The molecule has 0 aromatic heterocycles. The Morgan fingerprint density at radius 1 is 0.963 bits per heavy atom. The number of hydrogen-bond acceptors (Lipinski definition) is 6. The molecule has 7 nitrogen and oxygen atoms in total. The van der Waals surface area contributed by atoms with Crippen molar-refractivity contribution in [3.8, 4) is 17.2 Å². The molecule has 27 heavy (non-hydrogen) atoms. The quantitative estimate of drug-likeness (QED) is 0.631. The van der Waals surface area contributed by atoms with Gasteiger partial charge in [0.2, 0.25) is 0 Å². The third-order valence-electron chi connectivity index (χ3n) is 3.48. The summed E-state index contributed by atoms with van der Waals surface area (Å²) in [6.07, 6.45) is -0.167. The molecule has 0 unspecified atom stereocenters. The Morgan fingerprint density at radius 3 is 2.33 bits per heavy atom. The predicted molar refractivity (Wildman–Crippen MR) is 102 cm³/mol. The predicted octanol–water partition coefficient (Wildman–Crippen LogP) is 4.08. The molecule has 0 saturated carbocycles. The Kier molecular flexibility index (Phi) is 8.41. The minimum atomic E-state index is -0.605. The largest absolute Gasteiger partial charge is 0.494 e. The van der Waals surface area contributed by atoms with E-state index in [-0.39, 0.29) is 6.61 Å². The van der Waals surface area contributed by atoms with E-state index in [1.54, 1.807) is 42.5 Å². The highest BCUT2D eigenvalue weighted by Gasteiger charge is 2.09. The number of ether oxygens (including phenoxy) is 5. The van der Waals surface area contributed by atoms with Gasteiger partial charge in [0, 0.05) is 32.0 Å². The van der Waals surface area contributed by atoms with Crippen molar-refractivity contribution in [2.75, 3.05) is 32.8 Å². The number of hydrogen-bond donors (Lipinski definition) is 1. The van der Waals surface area contributed by atoms with Crippen LogP contribution in [0.25, 0.3) is 0 Å². The van der Waals surface area contributed by atoms with Gasteiger partial charge in [0.1, 0.15) is 23.9 Å². The maximum absolute atomic E-state index is 12.1. The summed E-state index contributed by atoms with van der Waals surface area (Å²) in [5.74, 6) is 1.58. The fraction of sp³-hybridized carbons (Fsp3) is 0.350. The lowest BCUT2D eigenvalue weighted by atomic mass is 10.3. The van der Waals surface area contributed by atoms with Crippen molar-refractivity contribution in [1.82, 2.24) is 0 Å². The van der Waals surface area contributed by atoms with Gasteiger partial charge in [-0.25, -0.2) is 4.79 Å². The molecule has 0 aliphatic heterocycles. The first kappa shape index (κ1) is 20.5. The minimum absolute atomic E-state index is 0.215. The smallest absolute Gasteiger partial charge is 0.417 e. The first-order valence-corrected chi connectivity index (χ1v) is 8.64. The topological polar surface area (TPSA) is 75.3 Å². The SMILES string of the molecule is CCCOc1cccc(NC(=O)Oc2cccc(OCC(OC)OC)c2)c1. The Bertz CT molecular complexity index is 717. The molecule has 1 amide bonds. The van der Waals surface area contributed by atoms with Crippen LogP contribution in [0.3, 0.4) is 0 Å². The molecule has 0 heterocycles. The van der Waals surface area contributed by atoms with E-state index in [1.807, 2.05) is 13.0 Å². The number of rotatable bonds is 10. The van der Waals surface area contributed by atoms with Gasteiger partial charge in [0.15, 0.2) is 6.29 Å². The van der Waals surface area contributed by atoms with Crippen LogP contribution in [0.1, 0.15) is 13.3 Å². The molecule has 0 aliphatic carbocycles. The summed E-state index contributed by atoms with van der Waals surface area (Å²) in [6.45, 7) is 2.86. The first-order chi connectivity index (χ1) is 13.1. The highest BCUT2D eigenvalue weighted by Crippen LogP contribution is 2.21. The number of carbonyl (C=O) groups is 1. The zero-order valence-corrected chi connectivity index (χ0v) is 15.8.